The lowest BCUT2D eigenvalue weighted by Crippen LogP contribution is -2.34. The maximum absolute atomic E-state index is 10.1. The van der Waals surface area contributed by atoms with Gasteiger partial charge in [0.2, 0.25) is 0 Å². The van der Waals surface area contributed by atoms with Gasteiger partial charge in [-0.15, -0.1) is 6.58 Å². The quantitative estimate of drug-likeness (QED) is 0.693. The van der Waals surface area contributed by atoms with Crippen molar-refractivity contribution in [1.82, 2.24) is 4.90 Å². The highest BCUT2D eigenvalue weighted by Crippen LogP contribution is 2.11. The van der Waals surface area contributed by atoms with Gasteiger partial charge in [0.25, 0.3) is 0 Å². The molecular weight excluding hydrogens is 246 g/mol. The van der Waals surface area contributed by atoms with Crippen molar-refractivity contribution in [3.8, 4) is 0 Å². The van der Waals surface area contributed by atoms with E-state index >= 15 is 0 Å². The second kappa shape index (κ2) is 8.93. The number of aliphatic hydroxyl groups excluding tert-OH is 1. The Kier molecular flexibility index (Phi) is 7.56. The molecule has 2 nitrogen and oxygen atoms in total. The minimum absolute atomic E-state index is 0.267. The molecule has 0 spiro atoms. The lowest BCUT2D eigenvalue weighted by Gasteiger charge is -2.27. The van der Waals surface area contributed by atoms with Crippen molar-refractivity contribution < 1.29 is 5.11 Å². The number of nitrogens with zero attached hydrogens (tertiary/aromatic N) is 1. The first-order chi connectivity index (χ1) is 9.51. The fourth-order valence-electron chi connectivity index (χ4n) is 2.49. The first kappa shape index (κ1) is 16.9. The molecule has 0 aliphatic heterocycles. The summed E-state index contributed by atoms with van der Waals surface area (Å²) in [6.07, 6.45) is 3.28. The van der Waals surface area contributed by atoms with Gasteiger partial charge in [0.15, 0.2) is 0 Å². The summed E-state index contributed by atoms with van der Waals surface area (Å²) < 4.78 is 0. The standard InChI is InChI=1S/C18H29NO/c1-5-6-10-18(20)14-19(12-15(2)3)13-17-9-7-8-16(4)11-17/h5,7-9,11,15,18,20H,1,6,10,12-14H2,2-4H3/t18-/m1/s1. The van der Waals surface area contributed by atoms with Crippen LogP contribution in [0.15, 0.2) is 36.9 Å². The summed E-state index contributed by atoms with van der Waals surface area (Å²) in [6.45, 7) is 12.9. The first-order valence-corrected chi connectivity index (χ1v) is 7.58. The third kappa shape index (κ3) is 6.88. The molecule has 2 heteroatoms. The highest BCUT2D eigenvalue weighted by molar-refractivity contribution is 5.22. The molecule has 0 aromatic heterocycles. The highest BCUT2D eigenvalue weighted by Gasteiger charge is 2.13. The predicted molar refractivity (Wildman–Crippen MR) is 86.7 cm³/mol. The van der Waals surface area contributed by atoms with Crippen molar-refractivity contribution >= 4 is 0 Å². The highest BCUT2D eigenvalue weighted by atomic mass is 16.3. The van der Waals surface area contributed by atoms with Crippen molar-refractivity contribution in [1.29, 1.82) is 0 Å². The fraction of sp³-hybridized carbons (Fsp3) is 0.556. The van der Waals surface area contributed by atoms with Gasteiger partial charge in [0.05, 0.1) is 6.10 Å². The number of benzene rings is 1. The summed E-state index contributed by atoms with van der Waals surface area (Å²) in [4.78, 5) is 2.35. The SMILES string of the molecule is C=CCC[C@@H](O)CN(Cc1cccc(C)c1)CC(C)C. The molecule has 112 valence electrons. The van der Waals surface area contributed by atoms with E-state index in [9.17, 15) is 5.11 Å². The first-order valence-electron chi connectivity index (χ1n) is 7.58. The maximum Gasteiger partial charge on any atom is 0.0670 e. The average Bonchev–Trinajstić information content (AvgIpc) is 2.35. The molecule has 0 aliphatic rings. The number of allylic oxidation sites excluding steroid dienone is 1. The van der Waals surface area contributed by atoms with Crippen LogP contribution >= 0.6 is 0 Å². The molecular formula is C18H29NO. The van der Waals surface area contributed by atoms with Gasteiger partial charge >= 0.3 is 0 Å². The van der Waals surface area contributed by atoms with Crippen LogP contribution < -0.4 is 0 Å². The summed E-state index contributed by atoms with van der Waals surface area (Å²) in [5.74, 6) is 0.603. The van der Waals surface area contributed by atoms with Crippen LogP contribution in [0.25, 0.3) is 0 Å². The van der Waals surface area contributed by atoms with Gasteiger partial charge < -0.3 is 5.11 Å². The minimum Gasteiger partial charge on any atom is -0.392 e. The van der Waals surface area contributed by atoms with Crippen LogP contribution in [0.2, 0.25) is 0 Å². The molecule has 0 saturated carbocycles. The largest absolute Gasteiger partial charge is 0.392 e. The minimum atomic E-state index is -0.267. The molecule has 20 heavy (non-hydrogen) atoms. The number of hydrogen-bond acceptors (Lipinski definition) is 2. The van der Waals surface area contributed by atoms with Crippen LogP contribution in [0.1, 0.15) is 37.8 Å². The van der Waals surface area contributed by atoms with E-state index in [1.165, 1.54) is 11.1 Å². The summed E-state index contributed by atoms with van der Waals surface area (Å²) in [7, 11) is 0. The van der Waals surface area contributed by atoms with Gasteiger partial charge in [-0.05, 0) is 31.2 Å². The summed E-state index contributed by atoms with van der Waals surface area (Å²) in [5.41, 5.74) is 2.61. The van der Waals surface area contributed by atoms with Gasteiger partial charge in [-0.1, -0.05) is 49.8 Å². The Hall–Kier alpha value is -1.12. The molecule has 1 atom stereocenters. The zero-order chi connectivity index (χ0) is 15.0. The van der Waals surface area contributed by atoms with E-state index in [0.29, 0.717) is 5.92 Å². The van der Waals surface area contributed by atoms with Crippen LogP contribution in [0, 0.1) is 12.8 Å². The molecule has 0 bridgehead atoms. The Labute approximate surface area is 124 Å². The lowest BCUT2D eigenvalue weighted by atomic mass is 10.1. The normalized spacial score (nSPS) is 12.9. The number of aryl methyl sites for hydroxylation is 1. The molecule has 0 saturated heterocycles. The second-order valence-corrected chi connectivity index (χ2v) is 6.10. The zero-order valence-electron chi connectivity index (χ0n) is 13.2. The van der Waals surface area contributed by atoms with Crippen molar-refractivity contribution in [3.05, 3.63) is 48.0 Å². The van der Waals surface area contributed by atoms with Crippen LogP contribution in [-0.4, -0.2) is 29.2 Å². The topological polar surface area (TPSA) is 23.5 Å². The Morgan fingerprint density at radius 2 is 2.05 bits per heavy atom. The molecule has 0 unspecified atom stereocenters. The maximum atomic E-state index is 10.1. The molecule has 0 aliphatic carbocycles. The molecule has 0 amide bonds. The Balaban J connectivity index is 2.61. The third-order valence-corrected chi connectivity index (χ3v) is 3.28. The van der Waals surface area contributed by atoms with Crippen molar-refractivity contribution in [2.75, 3.05) is 13.1 Å². The molecule has 0 heterocycles. The molecule has 0 fully saturated rings. The predicted octanol–water partition coefficient (Wildman–Crippen LogP) is 3.78. The lowest BCUT2D eigenvalue weighted by molar-refractivity contribution is 0.0957. The fourth-order valence-corrected chi connectivity index (χ4v) is 2.49. The van der Waals surface area contributed by atoms with Crippen LogP contribution in [0.5, 0.6) is 0 Å². The Morgan fingerprint density at radius 1 is 1.30 bits per heavy atom. The zero-order valence-corrected chi connectivity index (χ0v) is 13.2. The Bertz CT molecular complexity index is 400. The molecule has 1 aromatic rings. The average molecular weight is 275 g/mol. The van der Waals surface area contributed by atoms with Gasteiger partial charge in [-0.2, -0.15) is 0 Å². The van der Waals surface area contributed by atoms with Crippen molar-refractivity contribution in [3.63, 3.8) is 0 Å². The van der Waals surface area contributed by atoms with Crippen LogP contribution in [0.4, 0.5) is 0 Å². The number of hydrogen-bond donors (Lipinski definition) is 1. The smallest absolute Gasteiger partial charge is 0.0670 e. The molecule has 1 N–H and O–H groups in total. The summed E-state index contributed by atoms with van der Waals surface area (Å²) in [6, 6.07) is 8.61. The van der Waals surface area contributed by atoms with E-state index < -0.39 is 0 Å². The van der Waals surface area contributed by atoms with E-state index in [-0.39, 0.29) is 6.10 Å². The second-order valence-electron chi connectivity index (χ2n) is 6.10. The van der Waals surface area contributed by atoms with E-state index in [0.717, 1.165) is 32.5 Å². The van der Waals surface area contributed by atoms with Gasteiger partial charge in [-0.25, -0.2) is 0 Å². The Morgan fingerprint density at radius 3 is 2.65 bits per heavy atom. The van der Waals surface area contributed by atoms with E-state index in [1.807, 2.05) is 6.08 Å². The van der Waals surface area contributed by atoms with Crippen LogP contribution in [-0.2, 0) is 6.54 Å². The van der Waals surface area contributed by atoms with Crippen molar-refractivity contribution in [2.24, 2.45) is 5.92 Å². The van der Waals surface area contributed by atoms with Gasteiger partial charge in [-0.3, -0.25) is 4.90 Å². The molecule has 0 radical (unpaired) electrons. The van der Waals surface area contributed by atoms with Gasteiger partial charge in [0, 0.05) is 19.6 Å². The molecule has 1 aromatic carbocycles. The van der Waals surface area contributed by atoms with Crippen molar-refractivity contribution in [2.45, 2.75) is 46.3 Å². The summed E-state index contributed by atoms with van der Waals surface area (Å²) >= 11 is 0. The van der Waals surface area contributed by atoms with E-state index in [4.69, 9.17) is 0 Å². The van der Waals surface area contributed by atoms with Gasteiger partial charge in [0.1, 0.15) is 0 Å². The summed E-state index contributed by atoms with van der Waals surface area (Å²) in [5, 5.41) is 10.1. The number of rotatable bonds is 9. The van der Waals surface area contributed by atoms with E-state index in [2.05, 4.69) is 56.5 Å². The monoisotopic (exact) mass is 275 g/mol. The number of aliphatic hydroxyl groups is 1. The van der Waals surface area contributed by atoms with Crippen LogP contribution in [0.3, 0.4) is 0 Å². The van der Waals surface area contributed by atoms with E-state index in [1.54, 1.807) is 0 Å². The third-order valence-electron chi connectivity index (χ3n) is 3.28. The molecule has 1 rings (SSSR count).